The Hall–Kier alpha value is 0.423. The molecule has 0 spiro atoms. The van der Waals surface area contributed by atoms with Gasteiger partial charge in [0.2, 0.25) is 0 Å². The van der Waals surface area contributed by atoms with Crippen LogP contribution in [-0.4, -0.2) is 0 Å². The zero-order valence-electron chi connectivity index (χ0n) is 8.12. The fourth-order valence-corrected chi connectivity index (χ4v) is 0.839. The summed E-state index contributed by atoms with van der Waals surface area (Å²) >= 11 is 0. The topological polar surface area (TPSA) is 0 Å². The first-order valence-electron chi connectivity index (χ1n) is 3.84. The van der Waals surface area contributed by atoms with E-state index in [1.165, 1.54) is 5.57 Å². The van der Waals surface area contributed by atoms with Gasteiger partial charge in [-0.25, -0.2) is 23.8 Å². The van der Waals surface area contributed by atoms with Crippen LogP contribution in [0, 0.1) is 12.2 Å². The maximum atomic E-state index is 3.05. The first kappa shape index (κ1) is 19.9. The molecule has 0 amide bonds. The van der Waals surface area contributed by atoms with Crippen LogP contribution in [0.4, 0.5) is 0 Å². The minimum atomic E-state index is 0. The zero-order valence-corrected chi connectivity index (χ0v) is 12.2. The Balaban J connectivity index is -0.000000144. The molecule has 0 aromatic heterocycles. The number of rotatable bonds is 0. The van der Waals surface area contributed by atoms with Crippen molar-refractivity contribution in [1.29, 1.82) is 0 Å². The molecule has 0 nitrogen and oxygen atoms in total. The molecule has 76 valence electrons. The van der Waals surface area contributed by atoms with E-state index in [9.17, 15) is 0 Å². The molecule has 0 unspecified atom stereocenters. The fourth-order valence-electron chi connectivity index (χ4n) is 0.839. The van der Waals surface area contributed by atoms with Gasteiger partial charge in [-0.15, -0.1) is 44.6 Å². The predicted octanol–water partition coefficient (Wildman–Crippen LogP) is 3.84. The molecule has 0 bridgehead atoms. The SMILES string of the molecule is CC1=CC[C-]=C1.Cl.Cl.[C-]1=CC=CC1.[Zr+2]. The molecular formula is C11H14Cl2Zr. The summed E-state index contributed by atoms with van der Waals surface area (Å²) in [5.74, 6) is 0. The number of allylic oxidation sites excluding steroid dienone is 8. The molecule has 0 fully saturated rings. The minimum absolute atomic E-state index is 0. The van der Waals surface area contributed by atoms with Crippen molar-refractivity contribution in [3.05, 3.63) is 48.1 Å². The molecule has 0 saturated carbocycles. The van der Waals surface area contributed by atoms with Crippen LogP contribution in [0.15, 0.2) is 36.0 Å². The second-order valence-electron chi connectivity index (χ2n) is 2.50. The van der Waals surface area contributed by atoms with Crippen LogP contribution in [0.25, 0.3) is 0 Å². The van der Waals surface area contributed by atoms with E-state index < -0.39 is 0 Å². The van der Waals surface area contributed by atoms with E-state index in [1.54, 1.807) is 0 Å². The van der Waals surface area contributed by atoms with Crippen molar-refractivity contribution < 1.29 is 26.2 Å². The van der Waals surface area contributed by atoms with Gasteiger partial charge in [-0.2, -0.15) is 12.2 Å². The summed E-state index contributed by atoms with van der Waals surface area (Å²) in [6.07, 6.45) is 18.2. The Bertz CT molecular complexity index is 215. The van der Waals surface area contributed by atoms with Gasteiger partial charge in [-0.3, -0.25) is 12.2 Å². The zero-order chi connectivity index (χ0) is 7.94. The average Bonchev–Trinajstić information content (AvgIpc) is 2.57. The van der Waals surface area contributed by atoms with Crippen molar-refractivity contribution in [1.82, 2.24) is 0 Å². The monoisotopic (exact) mass is 306 g/mol. The summed E-state index contributed by atoms with van der Waals surface area (Å²) < 4.78 is 0. The molecule has 0 aromatic carbocycles. The van der Waals surface area contributed by atoms with Gasteiger partial charge in [-0.1, -0.05) is 0 Å². The van der Waals surface area contributed by atoms with Crippen LogP contribution in [-0.2, 0) is 26.2 Å². The molecule has 0 aromatic rings. The standard InChI is InChI=1S/C6H7.C5H5.2ClH.Zr/c1-6-4-2-3-5-6;1-2-4-5-3-1;;;/h4-5H,2H2,1H3;1-3H,4H2;2*1H;/q2*-1;;;+2. The van der Waals surface area contributed by atoms with E-state index >= 15 is 0 Å². The molecular weight excluding hydrogens is 294 g/mol. The van der Waals surface area contributed by atoms with E-state index in [4.69, 9.17) is 0 Å². The normalized spacial score (nSPS) is 14.2. The van der Waals surface area contributed by atoms with Crippen LogP contribution < -0.4 is 0 Å². The molecule has 2 aliphatic carbocycles. The van der Waals surface area contributed by atoms with Crippen LogP contribution in [0.3, 0.4) is 0 Å². The summed E-state index contributed by atoms with van der Waals surface area (Å²) in [7, 11) is 0. The summed E-state index contributed by atoms with van der Waals surface area (Å²) in [6.45, 7) is 2.08. The van der Waals surface area contributed by atoms with E-state index in [0.29, 0.717) is 0 Å². The van der Waals surface area contributed by atoms with Gasteiger partial charge in [0.15, 0.2) is 0 Å². The van der Waals surface area contributed by atoms with Crippen molar-refractivity contribution in [2.24, 2.45) is 0 Å². The minimum Gasteiger partial charge on any atom is -0.273 e. The Morgan fingerprint density at radius 1 is 1.14 bits per heavy atom. The van der Waals surface area contributed by atoms with Gasteiger partial charge >= 0.3 is 26.2 Å². The smallest absolute Gasteiger partial charge is 0.273 e. The molecule has 14 heavy (non-hydrogen) atoms. The molecule has 0 N–H and O–H groups in total. The summed E-state index contributed by atoms with van der Waals surface area (Å²) in [4.78, 5) is 0. The Morgan fingerprint density at radius 2 is 1.86 bits per heavy atom. The van der Waals surface area contributed by atoms with Gasteiger partial charge in [0.25, 0.3) is 0 Å². The second kappa shape index (κ2) is 13.4. The number of hydrogen-bond donors (Lipinski definition) is 0. The molecule has 0 aliphatic heterocycles. The van der Waals surface area contributed by atoms with E-state index in [1.807, 2.05) is 18.2 Å². The summed E-state index contributed by atoms with van der Waals surface area (Å²) in [5, 5.41) is 0. The third kappa shape index (κ3) is 10.5. The maximum Gasteiger partial charge on any atom is 2.00 e. The molecule has 3 heteroatoms. The van der Waals surface area contributed by atoms with Crippen molar-refractivity contribution in [2.75, 3.05) is 0 Å². The first-order valence-corrected chi connectivity index (χ1v) is 3.84. The van der Waals surface area contributed by atoms with Gasteiger partial charge < -0.3 is 0 Å². The third-order valence-corrected chi connectivity index (χ3v) is 1.46. The van der Waals surface area contributed by atoms with E-state index in [-0.39, 0.29) is 51.0 Å². The third-order valence-electron chi connectivity index (χ3n) is 1.46. The van der Waals surface area contributed by atoms with Crippen LogP contribution >= 0.6 is 24.8 Å². The van der Waals surface area contributed by atoms with Gasteiger partial charge in [0, 0.05) is 0 Å². The Labute approximate surface area is 118 Å². The van der Waals surface area contributed by atoms with Crippen LogP contribution in [0.2, 0.25) is 0 Å². The van der Waals surface area contributed by atoms with E-state index in [0.717, 1.165) is 12.8 Å². The number of halogens is 2. The molecule has 0 saturated heterocycles. The first-order chi connectivity index (χ1) is 5.39. The van der Waals surface area contributed by atoms with Crippen molar-refractivity contribution in [3.63, 3.8) is 0 Å². The van der Waals surface area contributed by atoms with Crippen molar-refractivity contribution >= 4 is 24.8 Å². The predicted molar refractivity (Wildman–Crippen MR) is 62.3 cm³/mol. The molecule has 0 atom stereocenters. The Kier molecular flexibility index (Phi) is 19.1. The molecule has 0 heterocycles. The summed E-state index contributed by atoms with van der Waals surface area (Å²) in [6, 6.07) is 0. The largest absolute Gasteiger partial charge is 2.00 e. The number of hydrogen-bond acceptors (Lipinski definition) is 0. The van der Waals surface area contributed by atoms with Crippen LogP contribution in [0.5, 0.6) is 0 Å². The fraction of sp³-hybridized carbons (Fsp3) is 0.273. The Morgan fingerprint density at radius 3 is 2.00 bits per heavy atom. The quantitative estimate of drug-likeness (QED) is 0.596. The van der Waals surface area contributed by atoms with Crippen molar-refractivity contribution in [2.45, 2.75) is 19.8 Å². The maximum absolute atomic E-state index is 3.05. The van der Waals surface area contributed by atoms with Gasteiger partial charge in [0.1, 0.15) is 0 Å². The van der Waals surface area contributed by atoms with Gasteiger partial charge in [0.05, 0.1) is 0 Å². The van der Waals surface area contributed by atoms with Crippen LogP contribution in [0.1, 0.15) is 19.8 Å². The molecule has 2 aliphatic rings. The average molecular weight is 308 g/mol. The van der Waals surface area contributed by atoms with Crippen molar-refractivity contribution in [3.8, 4) is 0 Å². The second-order valence-corrected chi connectivity index (χ2v) is 2.50. The summed E-state index contributed by atoms with van der Waals surface area (Å²) in [5.41, 5.74) is 1.34. The van der Waals surface area contributed by atoms with Gasteiger partial charge in [-0.05, 0) is 0 Å². The molecule has 2 rings (SSSR count). The molecule has 0 radical (unpaired) electrons. The van der Waals surface area contributed by atoms with E-state index in [2.05, 4.69) is 31.2 Å².